The Hall–Kier alpha value is -2.83. The molecule has 2 aliphatic rings. The molecule has 5 rings (SSSR count). The first-order valence-electron chi connectivity index (χ1n) is 9.23. The predicted octanol–water partition coefficient (Wildman–Crippen LogP) is 2.10. The molecule has 0 aliphatic carbocycles. The highest BCUT2D eigenvalue weighted by atomic mass is 16.2. The summed E-state index contributed by atoms with van der Waals surface area (Å²) in [6, 6.07) is 4.18. The van der Waals surface area contributed by atoms with Gasteiger partial charge in [-0.1, -0.05) is 0 Å². The van der Waals surface area contributed by atoms with Crippen LogP contribution in [0, 0.1) is 6.92 Å². The molecule has 0 saturated carbocycles. The van der Waals surface area contributed by atoms with Crippen LogP contribution in [0.25, 0.3) is 5.52 Å². The smallest absolute Gasteiger partial charge is 0.258 e. The zero-order valence-corrected chi connectivity index (χ0v) is 14.9. The number of rotatable bonds is 2. The van der Waals surface area contributed by atoms with Crippen molar-refractivity contribution >= 4 is 17.1 Å². The van der Waals surface area contributed by atoms with E-state index in [0.717, 1.165) is 36.7 Å². The van der Waals surface area contributed by atoms with Gasteiger partial charge in [-0.05, 0) is 31.9 Å². The van der Waals surface area contributed by atoms with E-state index in [1.165, 1.54) is 18.5 Å². The van der Waals surface area contributed by atoms with Crippen molar-refractivity contribution in [1.29, 1.82) is 0 Å². The van der Waals surface area contributed by atoms with Crippen molar-refractivity contribution < 1.29 is 4.79 Å². The van der Waals surface area contributed by atoms with Crippen LogP contribution in [0.2, 0.25) is 0 Å². The Morgan fingerprint density at radius 3 is 2.85 bits per heavy atom. The van der Waals surface area contributed by atoms with Gasteiger partial charge in [-0.25, -0.2) is 9.50 Å². The molecule has 0 N–H and O–H groups in total. The highest BCUT2D eigenvalue weighted by Gasteiger charge is 2.25. The lowest BCUT2D eigenvalue weighted by Crippen LogP contribution is -2.38. The van der Waals surface area contributed by atoms with E-state index in [1.807, 2.05) is 18.0 Å². The Bertz CT molecular complexity index is 981. The topological polar surface area (TPSA) is 58.7 Å². The number of nitrogens with zero attached hydrogens (tertiary/aromatic N) is 6. The first-order valence-corrected chi connectivity index (χ1v) is 9.23. The van der Waals surface area contributed by atoms with E-state index >= 15 is 0 Å². The third-order valence-corrected chi connectivity index (χ3v) is 5.42. The van der Waals surface area contributed by atoms with Crippen LogP contribution in [0.15, 0.2) is 30.7 Å². The molecule has 0 unspecified atom stereocenters. The van der Waals surface area contributed by atoms with Crippen molar-refractivity contribution in [3.05, 3.63) is 47.8 Å². The lowest BCUT2D eigenvalue weighted by Gasteiger charge is -2.27. The van der Waals surface area contributed by atoms with Gasteiger partial charge >= 0.3 is 0 Å². The number of amides is 1. The van der Waals surface area contributed by atoms with Crippen molar-refractivity contribution in [1.82, 2.24) is 24.1 Å². The second-order valence-electron chi connectivity index (χ2n) is 7.19. The van der Waals surface area contributed by atoms with E-state index in [9.17, 15) is 4.79 Å². The molecule has 1 amide bonds. The van der Waals surface area contributed by atoms with Gasteiger partial charge in [-0.2, -0.15) is 5.10 Å². The number of fused-ring (bicyclic) bond motifs is 2. The van der Waals surface area contributed by atoms with Crippen molar-refractivity contribution in [3.63, 3.8) is 0 Å². The molecule has 7 nitrogen and oxygen atoms in total. The van der Waals surface area contributed by atoms with Crippen molar-refractivity contribution in [2.24, 2.45) is 0 Å². The maximum atomic E-state index is 13.1. The first-order chi connectivity index (χ1) is 12.7. The van der Waals surface area contributed by atoms with Gasteiger partial charge in [0.05, 0.1) is 29.5 Å². The largest absolute Gasteiger partial charge is 0.371 e. The van der Waals surface area contributed by atoms with Crippen molar-refractivity contribution in [3.8, 4) is 0 Å². The fourth-order valence-corrected chi connectivity index (χ4v) is 4.04. The minimum atomic E-state index is 0.0328. The van der Waals surface area contributed by atoms with Gasteiger partial charge in [0.15, 0.2) is 0 Å². The molecule has 134 valence electrons. The van der Waals surface area contributed by atoms with E-state index in [0.29, 0.717) is 18.7 Å². The molecule has 5 heterocycles. The lowest BCUT2D eigenvalue weighted by atomic mass is 10.2. The Morgan fingerprint density at radius 1 is 1.15 bits per heavy atom. The quantitative estimate of drug-likeness (QED) is 0.710. The van der Waals surface area contributed by atoms with Crippen LogP contribution in [0.1, 0.15) is 34.7 Å². The maximum absolute atomic E-state index is 13.1. The number of carbonyl (C=O) groups excluding carboxylic acids is 1. The number of aryl methyl sites for hydroxylation is 1. The Balaban J connectivity index is 1.46. The Labute approximate surface area is 151 Å². The van der Waals surface area contributed by atoms with Crippen molar-refractivity contribution in [2.45, 2.75) is 32.9 Å². The second-order valence-corrected chi connectivity index (χ2v) is 7.19. The molecule has 7 heteroatoms. The van der Waals surface area contributed by atoms with Gasteiger partial charge in [-0.3, -0.25) is 4.79 Å². The van der Waals surface area contributed by atoms with Crippen LogP contribution in [-0.4, -0.2) is 49.6 Å². The number of hydrogen-bond donors (Lipinski definition) is 0. The average molecular weight is 350 g/mol. The number of aromatic nitrogens is 4. The minimum absolute atomic E-state index is 0.0328. The highest BCUT2D eigenvalue weighted by Crippen LogP contribution is 2.24. The predicted molar refractivity (Wildman–Crippen MR) is 98.3 cm³/mol. The number of carbonyl (C=O) groups is 1. The molecule has 0 bridgehead atoms. The molecule has 3 aromatic rings. The fourth-order valence-electron chi connectivity index (χ4n) is 4.04. The summed E-state index contributed by atoms with van der Waals surface area (Å²) in [5.74, 6) is 0.988. The standard InChI is InChI=1S/C19H22N6O/c1-14-12-23-8-9-24(13-18(23)21-14)19(26)16-11-20-25-7-4-15(10-17(16)25)22-5-2-3-6-22/h4,7,10-12H,2-3,5-6,8-9,13H2,1H3. The van der Waals surface area contributed by atoms with Crippen LogP contribution in [-0.2, 0) is 13.1 Å². The van der Waals surface area contributed by atoms with Crippen LogP contribution < -0.4 is 4.90 Å². The van der Waals surface area contributed by atoms with Crippen LogP contribution in [0.3, 0.4) is 0 Å². The molecule has 0 aromatic carbocycles. The van der Waals surface area contributed by atoms with Gasteiger partial charge in [0, 0.05) is 44.3 Å². The minimum Gasteiger partial charge on any atom is -0.371 e. The van der Waals surface area contributed by atoms with E-state index in [-0.39, 0.29) is 5.91 Å². The number of pyridine rings is 1. The SMILES string of the molecule is Cc1cn2c(n1)CN(C(=O)c1cnn3ccc(N4CCCC4)cc13)CC2. The summed E-state index contributed by atoms with van der Waals surface area (Å²) in [5, 5.41) is 4.38. The van der Waals surface area contributed by atoms with Gasteiger partial charge < -0.3 is 14.4 Å². The van der Waals surface area contributed by atoms with Gasteiger partial charge in [-0.15, -0.1) is 0 Å². The van der Waals surface area contributed by atoms with E-state index in [1.54, 1.807) is 10.7 Å². The van der Waals surface area contributed by atoms with E-state index < -0.39 is 0 Å². The first kappa shape index (κ1) is 15.4. The van der Waals surface area contributed by atoms with Gasteiger partial charge in [0.1, 0.15) is 5.82 Å². The molecule has 26 heavy (non-hydrogen) atoms. The third-order valence-electron chi connectivity index (χ3n) is 5.42. The van der Waals surface area contributed by atoms with Crippen LogP contribution >= 0.6 is 0 Å². The summed E-state index contributed by atoms with van der Waals surface area (Å²) in [6.07, 6.45) is 8.16. The number of imidazole rings is 1. The summed E-state index contributed by atoms with van der Waals surface area (Å²) >= 11 is 0. The molecular weight excluding hydrogens is 328 g/mol. The number of anilines is 1. The Morgan fingerprint density at radius 2 is 2.00 bits per heavy atom. The third kappa shape index (κ3) is 2.46. The van der Waals surface area contributed by atoms with E-state index in [2.05, 4.69) is 37.9 Å². The van der Waals surface area contributed by atoms with E-state index in [4.69, 9.17) is 0 Å². The second kappa shape index (κ2) is 5.86. The zero-order valence-electron chi connectivity index (χ0n) is 14.9. The van der Waals surface area contributed by atoms with Crippen LogP contribution in [0.4, 0.5) is 5.69 Å². The zero-order chi connectivity index (χ0) is 17.7. The molecule has 1 fully saturated rings. The summed E-state index contributed by atoms with van der Waals surface area (Å²) < 4.78 is 3.93. The molecule has 0 atom stereocenters. The van der Waals surface area contributed by atoms with Crippen molar-refractivity contribution in [2.75, 3.05) is 24.5 Å². The molecule has 1 saturated heterocycles. The van der Waals surface area contributed by atoms with Crippen LogP contribution in [0.5, 0.6) is 0 Å². The Kier molecular flexibility index (Phi) is 3.48. The summed E-state index contributed by atoms with van der Waals surface area (Å²) in [5.41, 5.74) is 3.72. The molecule has 0 radical (unpaired) electrons. The summed E-state index contributed by atoms with van der Waals surface area (Å²) in [7, 11) is 0. The maximum Gasteiger partial charge on any atom is 0.258 e. The number of hydrogen-bond acceptors (Lipinski definition) is 4. The normalized spacial score (nSPS) is 17.1. The highest BCUT2D eigenvalue weighted by molar-refractivity contribution is 6.01. The summed E-state index contributed by atoms with van der Waals surface area (Å²) in [4.78, 5) is 21.9. The molecule has 2 aliphatic heterocycles. The van der Waals surface area contributed by atoms with Gasteiger partial charge in [0.25, 0.3) is 5.91 Å². The molecule has 0 spiro atoms. The average Bonchev–Trinajstić information content (AvgIpc) is 3.38. The van der Waals surface area contributed by atoms with Gasteiger partial charge in [0.2, 0.25) is 0 Å². The lowest BCUT2D eigenvalue weighted by molar-refractivity contribution is 0.0709. The fraction of sp³-hybridized carbons (Fsp3) is 0.421. The monoisotopic (exact) mass is 350 g/mol. The molecule has 3 aromatic heterocycles. The summed E-state index contributed by atoms with van der Waals surface area (Å²) in [6.45, 7) is 6.20. The molecular formula is C19H22N6O.